The molecule has 0 saturated carbocycles. The van der Waals surface area contributed by atoms with Crippen molar-refractivity contribution in [2.24, 2.45) is 0 Å². The number of esters is 1. The van der Waals surface area contributed by atoms with Gasteiger partial charge >= 0.3 is 5.97 Å². The van der Waals surface area contributed by atoms with E-state index in [2.05, 4.69) is 10.1 Å². The summed E-state index contributed by atoms with van der Waals surface area (Å²) in [6, 6.07) is 1.60. The third-order valence-electron chi connectivity index (χ3n) is 1.87. The van der Waals surface area contributed by atoms with Gasteiger partial charge in [0.15, 0.2) is 5.57 Å². The monoisotopic (exact) mass is 235 g/mol. The molecule has 1 aliphatic heterocycles. The summed E-state index contributed by atoms with van der Waals surface area (Å²) < 4.78 is 4.64. The Bertz CT molecular complexity index is 482. The lowest BCUT2D eigenvalue weighted by Crippen LogP contribution is -2.21. The Hall–Kier alpha value is -2.62. The van der Waals surface area contributed by atoms with E-state index in [0.29, 0.717) is 0 Å². The normalized spacial score (nSPS) is 16.4. The molecule has 1 N–H and O–H groups in total. The third kappa shape index (κ3) is 2.69. The fourth-order valence-corrected chi connectivity index (χ4v) is 1.19. The minimum Gasteiger partial charge on any atom is -0.462 e. The largest absolute Gasteiger partial charge is 0.462 e. The van der Waals surface area contributed by atoms with Crippen molar-refractivity contribution in [2.75, 3.05) is 6.61 Å². The van der Waals surface area contributed by atoms with Gasteiger partial charge in [-0.25, -0.2) is 4.79 Å². The second-order valence-electron chi connectivity index (χ2n) is 2.89. The van der Waals surface area contributed by atoms with E-state index in [1.165, 1.54) is 18.4 Å². The minimum absolute atomic E-state index is 0.0879. The van der Waals surface area contributed by atoms with Gasteiger partial charge in [-0.3, -0.25) is 10.1 Å². The number of allylic oxidation sites excluding steroid dienone is 2. The number of hydrogen-bond donors (Lipinski definition) is 1. The number of dihydropyridines is 1. The molecule has 7 heteroatoms. The van der Waals surface area contributed by atoms with Gasteiger partial charge < -0.3 is 10.1 Å². The van der Waals surface area contributed by atoms with Crippen molar-refractivity contribution in [1.29, 1.82) is 5.26 Å². The number of carbonyl (C=O) groups excluding carboxylic acids is 1. The topological polar surface area (TPSA) is 105 Å². The van der Waals surface area contributed by atoms with Crippen LogP contribution < -0.4 is 5.32 Å². The smallest absolute Gasteiger partial charge is 0.351 e. The Morgan fingerprint density at radius 1 is 1.71 bits per heavy atom. The molecule has 0 fully saturated rings. The van der Waals surface area contributed by atoms with Crippen LogP contribution in [0.15, 0.2) is 35.3 Å². The molecule has 1 heterocycles. The van der Waals surface area contributed by atoms with E-state index in [4.69, 9.17) is 5.26 Å². The van der Waals surface area contributed by atoms with Crippen LogP contribution in [0.1, 0.15) is 6.92 Å². The fourth-order valence-electron chi connectivity index (χ4n) is 1.19. The highest BCUT2D eigenvalue weighted by atomic mass is 16.6. The number of ether oxygens (including phenoxy) is 1. The first kappa shape index (κ1) is 12.4. The maximum atomic E-state index is 11.4. The molecule has 0 saturated heterocycles. The summed E-state index contributed by atoms with van der Waals surface area (Å²) in [7, 11) is 0. The van der Waals surface area contributed by atoms with E-state index in [9.17, 15) is 14.9 Å². The van der Waals surface area contributed by atoms with Crippen LogP contribution in [0.3, 0.4) is 0 Å². The molecule has 1 aliphatic rings. The van der Waals surface area contributed by atoms with Crippen LogP contribution in [-0.2, 0) is 9.53 Å². The van der Waals surface area contributed by atoms with Crippen LogP contribution in [0.2, 0.25) is 0 Å². The highest BCUT2D eigenvalue weighted by molar-refractivity contribution is 5.94. The number of nitrogens with zero attached hydrogens (tertiary/aromatic N) is 2. The Labute approximate surface area is 96.8 Å². The molecule has 0 aliphatic carbocycles. The number of rotatable bonds is 3. The molecule has 0 amide bonds. The number of nitrogens with one attached hydrogen (secondary N) is 1. The molecular weight excluding hydrogens is 226 g/mol. The van der Waals surface area contributed by atoms with Gasteiger partial charge in [0.25, 0.3) is 5.70 Å². The van der Waals surface area contributed by atoms with Crippen molar-refractivity contribution in [3.63, 3.8) is 0 Å². The average Bonchev–Trinajstić information content (AvgIpc) is 2.31. The number of nitriles is 1. The molecule has 0 bridgehead atoms. The molecule has 17 heavy (non-hydrogen) atoms. The van der Waals surface area contributed by atoms with Crippen molar-refractivity contribution in [2.45, 2.75) is 6.92 Å². The van der Waals surface area contributed by atoms with Crippen molar-refractivity contribution in [3.8, 4) is 6.07 Å². The summed E-state index contributed by atoms with van der Waals surface area (Å²) in [5.41, 5.74) is -0.922. The van der Waals surface area contributed by atoms with Gasteiger partial charge in [0.2, 0.25) is 0 Å². The van der Waals surface area contributed by atoms with Crippen molar-refractivity contribution < 1.29 is 14.5 Å². The summed E-state index contributed by atoms with van der Waals surface area (Å²) in [4.78, 5) is 21.5. The van der Waals surface area contributed by atoms with Crippen molar-refractivity contribution in [3.05, 3.63) is 45.4 Å². The Balaban J connectivity index is 3.22. The predicted molar refractivity (Wildman–Crippen MR) is 56.6 cm³/mol. The zero-order valence-corrected chi connectivity index (χ0v) is 8.97. The summed E-state index contributed by atoms with van der Waals surface area (Å²) in [6.07, 6.45) is 3.99. The van der Waals surface area contributed by atoms with E-state index in [1.807, 2.05) is 0 Å². The van der Waals surface area contributed by atoms with Crippen LogP contribution in [0, 0.1) is 21.4 Å². The van der Waals surface area contributed by atoms with E-state index < -0.39 is 16.5 Å². The number of hydrogen-bond acceptors (Lipinski definition) is 6. The van der Waals surface area contributed by atoms with Gasteiger partial charge in [-0.1, -0.05) is 0 Å². The molecule has 0 aromatic heterocycles. The minimum atomic E-state index is -0.888. The third-order valence-corrected chi connectivity index (χ3v) is 1.87. The molecule has 0 unspecified atom stereocenters. The van der Waals surface area contributed by atoms with Gasteiger partial charge in [-0.05, 0) is 13.0 Å². The maximum Gasteiger partial charge on any atom is 0.351 e. The van der Waals surface area contributed by atoms with Gasteiger partial charge in [0.1, 0.15) is 11.8 Å². The molecular formula is C10H9N3O4. The lowest BCUT2D eigenvalue weighted by atomic mass is 10.1. The van der Waals surface area contributed by atoms with Crippen molar-refractivity contribution in [1.82, 2.24) is 5.32 Å². The SMILES string of the molecule is CCOC(=O)/C(C#N)=C1/NC=CC=C1[N+](=O)[O-]. The Morgan fingerprint density at radius 2 is 2.41 bits per heavy atom. The molecule has 88 valence electrons. The lowest BCUT2D eigenvalue weighted by molar-refractivity contribution is -0.421. The molecule has 0 aromatic carbocycles. The van der Waals surface area contributed by atoms with Crippen LogP contribution in [0.5, 0.6) is 0 Å². The Kier molecular flexibility index (Phi) is 4.00. The zero-order valence-electron chi connectivity index (χ0n) is 8.97. The second-order valence-corrected chi connectivity index (χ2v) is 2.89. The Morgan fingerprint density at radius 3 is 2.94 bits per heavy atom. The highest BCUT2D eigenvalue weighted by Gasteiger charge is 2.27. The van der Waals surface area contributed by atoms with Crippen LogP contribution in [0.25, 0.3) is 0 Å². The fraction of sp³-hybridized carbons (Fsp3) is 0.200. The molecule has 0 aromatic rings. The number of nitro groups is 1. The first-order valence-corrected chi connectivity index (χ1v) is 4.71. The quantitative estimate of drug-likeness (QED) is 0.252. The van der Waals surface area contributed by atoms with Gasteiger partial charge in [0.05, 0.1) is 11.5 Å². The van der Waals surface area contributed by atoms with Gasteiger partial charge in [0, 0.05) is 12.3 Å². The number of carbonyl (C=O) groups is 1. The highest BCUT2D eigenvalue weighted by Crippen LogP contribution is 2.17. The molecule has 7 nitrogen and oxygen atoms in total. The summed E-state index contributed by atoms with van der Waals surface area (Å²) in [5.74, 6) is -0.888. The van der Waals surface area contributed by atoms with Gasteiger partial charge in [-0.2, -0.15) is 5.26 Å². The molecule has 1 rings (SSSR count). The summed E-state index contributed by atoms with van der Waals surface area (Å²) >= 11 is 0. The van der Waals surface area contributed by atoms with Crippen molar-refractivity contribution >= 4 is 5.97 Å². The predicted octanol–water partition coefficient (Wildman–Crippen LogP) is 0.605. The van der Waals surface area contributed by atoms with E-state index in [0.717, 1.165) is 0 Å². The van der Waals surface area contributed by atoms with Crippen LogP contribution in [-0.4, -0.2) is 17.5 Å². The average molecular weight is 235 g/mol. The lowest BCUT2D eigenvalue weighted by Gasteiger charge is -2.10. The van der Waals surface area contributed by atoms with Crippen LogP contribution >= 0.6 is 0 Å². The van der Waals surface area contributed by atoms with E-state index in [-0.39, 0.29) is 18.0 Å². The molecule has 0 spiro atoms. The van der Waals surface area contributed by atoms with E-state index in [1.54, 1.807) is 13.0 Å². The molecule has 0 atom stereocenters. The van der Waals surface area contributed by atoms with Crippen LogP contribution in [0.4, 0.5) is 0 Å². The first-order valence-electron chi connectivity index (χ1n) is 4.71. The standard InChI is InChI=1S/C10H9N3O4/c1-2-17-10(14)7(6-11)9-8(13(15)16)4-3-5-12-9/h3-5,12H,2H2,1H3/b9-7+. The first-order chi connectivity index (χ1) is 8.11. The summed E-state index contributed by atoms with van der Waals surface area (Å²) in [6.45, 7) is 1.67. The van der Waals surface area contributed by atoms with E-state index >= 15 is 0 Å². The maximum absolute atomic E-state index is 11.4. The zero-order chi connectivity index (χ0) is 12.8. The second kappa shape index (κ2) is 5.46. The van der Waals surface area contributed by atoms with Gasteiger partial charge in [-0.15, -0.1) is 0 Å². The summed E-state index contributed by atoms with van der Waals surface area (Å²) in [5, 5.41) is 22.1. The molecule has 0 radical (unpaired) electrons.